The number of rotatable bonds is 4. The number of hydrogen-bond donors (Lipinski definition) is 2. The number of sulfonamides is 1. The predicted molar refractivity (Wildman–Crippen MR) is 103 cm³/mol. The van der Waals surface area contributed by atoms with E-state index in [0.717, 1.165) is 13.0 Å². The van der Waals surface area contributed by atoms with Gasteiger partial charge in [0.15, 0.2) is 0 Å². The van der Waals surface area contributed by atoms with Gasteiger partial charge in [-0.2, -0.15) is 0 Å². The molecule has 0 saturated carbocycles. The summed E-state index contributed by atoms with van der Waals surface area (Å²) in [6, 6.07) is 7.46. The van der Waals surface area contributed by atoms with Gasteiger partial charge in [-0.3, -0.25) is 4.79 Å². The second-order valence-electron chi connectivity index (χ2n) is 5.12. The Kier molecular flexibility index (Phi) is 11.5. The third-order valence-electron chi connectivity index (χ3n) is 3.31. The van der Waals surface area contributed by atoms with Gasteiger partial charge in [-0.05, 0) is 43.0 Å². The predicted octanol–water partition coefficient (Wildman–Crippen LogP) is 1.45. The summed E-state index contributed by atoms with van der Waals surface area (Å²) in [6.45, 7) is 4.36. The van der Waals surface area contributed by atoms with E-state index < -0.39 is 10.0 Å². The minimum absolute atomic E-state index is 0. The van der Waals surface area contributed by atoms with Gasteiger partial charge < -0.3 is 13.5 Å². The monoisotopic (exact) mass is 494 g/mol. The Labute approximate surface area is 193 Å². The van der Waals surface area contributed by atoms with Crippen molar-refractivity contribution in [2.75, 3.05) is 17.0 Å². The average molecular weight is 496 g/mol. The van der Waals surface area contributed by atoms with Crippen molar-refractivity contribution in [3.05, 3.63) is 55.5 Å². The van der Waals surface area contributed by atoms with Crippen LogP contribution in [-0.4, -0.2) is 58.8 Å². The fraction of sp³-hybridized carbons (Fsp3) is 0.188. The zero-order valence-electron chi connectivity index (χ0n) is 16.5. The number of likely N-dealkylation sites (tertiary alicyclic amines) is 1. The fourth-order valence-corrected chi connectivity index (χ4v) is 3.00. The standard InChI is InChI=1S/C10H10N4O2S.C6H9NO.Ag.Mg.2H/c11-8-2-4-9(5-3-8)17(15,16)14-10-12-6-1-7-13-10;1-2-7-5-3-4-6(7)8;;;;/h1-7H,11H2,(H,12,13,14);2H,1,3-5H2;;;;/q;;;+2;2*-1. The van der Waals surface area contributed by atoms with Gasteiger partial charge in [-0.25, -0.2) is 23.1 Å². The quantitative estimate of drug-likeness (QED) is 0.490. The van der Waals surface area contributed by atoms with Crippen LogP contribution in [0.5, 0.6) is 0 Å². The number of carbonyl (C=O) groups excluding carboxylic acids is 1. The molecule has 2 aromatic rings. The van der Waals surface area contributed by atoms with E-state index in [1.165, 1.54) is 36.7 Å². The molecular formula is C16H21AgMgN5O3S. The van der Waals surface area contributed by atoms with E-state index in [1.54, 1.807) is 17.2 Å². The third-order valence-corrected chi connectivity index (χ3v) is 4.66. The number of nitrogen functional groups attached to an aromatic ring is 1. The number of carbonyl (C=O) groups is 1. The Bertz CT molecular complexity index is 845. The summed E-state index contributed by atoms with van der Waals surface area (Å²) in [6.07, 6.45) is 6.19. The van der Waals surface area contributed by atoms with E-state index in [0.29, 0.717) is 12.1 Å². The van der Waals surface area contributed by atoms with Gasteiger partial charge in [0.1, 0.15) is 0 Å². The third kappa shape index (κ3) is 7.99. The average Bonchev–Trinajstić information content (AvgIpc) is 3.01. The minimum Gasteiger partial charge on any atom is -1.00 e. The largest absolute Gasteiger partial charge is 2.00 e. The molecule has 1 aliphatic rings. The first-order valence-electron chi connectivity index (χ1n) is 7.50. The Morgan fingerprint density at radius 3 is 2.26 bits per heavy atom. The summed E-state index contributed by atoms with van der Waals surface area (Å²) in [5.74, 6) is 0.240. The molecule has 2 heterocycles. The van der Waals surface area contributed by atoms with E-state index in [9.17, 15) is 13.2 Å². The Morgan fingerprint density at radius 1 is 1.22 bits per heavy atom. The van der Waals surface area contributed by atoms with Crippen molar-refractivity contribution >= 4 is 50.6 Å². The van der Waals surface area contributed by atoms with Gasteiger partial charge in [0.25, 0.3) is 10.0 Å². The van der Waals surface area contributed by atoms with Crippen LogP contribution in [0.25, 0.3) is 0 Å². The van der Waals surface area contributed by atoms with E-state index in [-0.39, 0.29) is 65.0 Å². The Hall–Kier alpha value is -1.43. The van der Waals surface area contributed by atoms with Crippen LogP contribution >= 0.6 is 0 Å². The van der Waals surface area contributed by atoms with E-state index in [4.69, 9.17) is 5.73 Å². The van der Waals surface area contributed by atoms with Crippen LogP contribution < -0.4 is 10.5 Å². The molecular weight excluding hydrogens is 474 g/mol. The van der Waals surface area contributed by atoms with Crippen LogP contribution in [-0.2, 0) is 37.2 Å². The maximum atomic E-state index is 11.9. The SMILES string of the molecule is C=CN1CCCC1=O.Nc1ccc(S(=O)(=O)Nc2ncccn2)cc1.[Ag].[H-].[H-].[Mg+2]. The van der Waals surface area contributed by atoms with Crippen LogP contribution in [0, 0.1) is 0 Å². The van der Waals surface area contributed by atoms with E-state index in [2.05, 4.69) is 21.3 Å². The molecule has 1 radical (unpaired) electrons. The number of nitrogens with one attached hydrogen (secondary N) is 1. The molecule has 27 heavy (non-hydrogen) atoms. The van der Waals surface area contributed by atoms with Crippen molar-refractivity contribution in [1.82, 2.24) is 14.9 Å². The molecule has 1 amide bonds. The molecule has 0 spiro atoms. The zero-order chi connectivity index (χ0) is 18.3. The summed E-state index contributed by atoms with van der Waals surface area (Å²) in [7, 11) is -3.66. The van der Waals surface area contributed by atoms with Crippen LogP contribution in [0.3, 0.4) is 0 Å². The molecule has 147 valence electrons. The number of amides is 1. The molecule has 0 unspecified atom stereocenters. The normalized spacial score (nSPS) is 12.7. The number of anilines is 2. The molecule has 0 aliphatic carbocycles. The Morgan fingerprint density at radius 2 is 1.81 bits per heavy atom. The van der Waals surface area contributed by atoms with Crippen molar-refractivity contribution in [3.63, 3.8) is 0 Å². The summed E-state index contributed by atoms with van der Waals surface area (Å²) < 4.78 is 26.0. The number of nitrogens with zero attached hydrogens (tertiary/aromatic N) is 3. The molecule has 1 aromatic heterocycles. The number of nitrogens with two attached hydrogens (primary N) is 1. The first-order chi connectivity index (χ1) is 11.9. The topological polar surface area (TPSA) is 118 Å². The van der Waals surface area contributed by atoms with Gasteiger partial charge in [-0.15, -0.1) is 0 Å². The molecule has 11 heteroatoms. The molecule has 1 fully saturated rings. The maximum absolute atomic E-state index is 11.9. The second kappa shape index (κ2) is 12.1. The Balaban J connectivity index is -0.000000489. The van der Waals surface area contributed by atoms with Crippen molar-refractivity contribution in [1.29, 1.82) is 0 Å². The van der Waals surface area contributed by atoms with E-state index >= 15 is 0 Å². The molecule has 0 atom stereocenters. The van der Waals surface area contributed by atoms with Crippen LogP contribution in [0.2, 0.25) is 0 Å². The van der Waals surface area contributed by atoms with Gasteiger partial charge >= 0.3 is 23.1 Å². The fourth-order valence-electron chi connectivity index (χ4n) is 2.04. The molecule has 3 N–H and O–H groups in total. The van der Waals surface area contributed by atoms with Crippen molar-refractivity contribution in [2.45, 2.75) is 17.7 Å². The summed E-state index contributed by atoms with van der Waals surface area (Å²) in [4.78, 5) is 20.0. The molecule has 1 aliphatic heterocycles. The zero-order valence-corrected chi connectivity index (χ0v) is 18.2. The van der Waals surface area contributed by atoms with Gasteiger partial charge in [-0.1, -0.05) is 6.58 Å². The minimum atomic E-state index is -3.66. The first kappa shape index (κ1) is 25.6. The van der Waals surface area contributed by atoms with Gasteiger partial charge in [0, 0.05) is 53.4 Å². The number of aromatic nitrogens is 2. The molecule has 0 bridgehead atoms. The molecule has 8 nitrogen and oxygen atoms in total. The van der Waals surface area contributed by atoms with Crippen LogP contribution in [0.4, 0.5) is 11.6 Å². The first-order valence-corrected chi connectivity index (χ1v) is 8.98. The van der Waals surface area contributed by atoms with Crippen molar-refractivity contribution in [2.24, 2.45) is 0 Å². The summed E-state index contributed by atoms with van der Waals surface area (Å²) in [5, 5.41) is 0. The van der Waals surface area contributed by atoms with Crippen LogP contribution in [0.1, 0.15) is 15.7 Å². The molecule has 3 rings (SSSR count). The molecule has 1 aromatic carbocycles. The van der Waals surface area contributed by atoms with Gasteiger partial charge in [0.05, 0.1) is 4.90 Å². The van der Waals surface area contributed by atoms with Crippen LogP contribution in [0.15, 0.2) is 60.4 Å². The number of hydrogen-bond acceptors (Lipinski definition) is 6. The van der Waals surface area contributed by atoms with E-state index in [1.807, 2.05) is 0 Å². The second-order valence-corrected chi connectivity index (χ2v) is 6.80. The van der Waals surface area contributed by atoms with Crippen molar-refractivity contribution < 1.29 is 38.4 Å². The van der Waals surface area contributed by atoms with Gasteiger partial charge in [0.2, 0.25) is 11.9 Å². The number of benzene rings is 1. The smallest absolute Gasteiger partial charge is 1.00 e. The summed E-state index contributed by atoms with van der Waals surface area (Å²) in [5.41, 5.74) is 5.98. The molecule has 1 saturated heterocycles. The maximum Gasteiger partial charge on any atom is 2.00 e. The van der Waals surface area contributed by atoms with Crippen molar-refractivity contribution in [3.8, 4) is 0 Å². The summed E-state index contributed by atoms with van der Waals surface area (Å²) >= 11 is 0.